The molecule has 2 rings (SSSR count). The maximum absolute atomic E-state index is 6.08. The Labute approximate surface area is 95.6 Å². The van der Waals surface area contributed by atoms with Crippen LogP contribution in [0.5, 0.6) is 0 Å². The first-order chi connectivity index (χ1) is 7.25. The lowest BCUT2D eigenvalue weighted by molar-refractivity contribution is 0.0770. The number of hydrogen-bond acceptors (Lipinski definition) is 2. The van der Waals surface area contributed by atoms with Gasteiger partial charge in [-0.3, -0.25) is 0 Å². The van der Waals surface area contributed by atoms with E-state index in [9.17, 15) is 0 Å². The zero-order valence-electron chi connectivity index (χ0n) is 8.92. The van der Waals surface area contributed by atoms with Crippen molar-refractivity contribution in [2.24, 2.45) is 0 Å². The minimum atomic E-state index is 0.428. The Bertz CT molecular complexity index is 334. The molecule has 82 valence electrons. The molecule has 1 atom stereocenters. The Morgan fingerprint density at radius 1 is 1.53 bits per heavy atom. The van der Waals surface area contributed by atoms with Gasteiger partial charge >= 0.3 is 0 Å². The van der Waals surface area contributed by atoms with Crippen molar-refractivity contribution in [2.45, 2.75) is 19.4 Å². The van der Waals surface area contributed by atoms with Crippen molar-refractivity contribution < 1.29 is 4.74 Å². The fourth-order valence-corrected chi connectivity index (χ4v) is 2.00. The number of halogens is 1. The average molecular weight is 226 g/mol. The molecule has 2 nitrogen and oxygen atoms in total. The summed E-state index contributed by atoms with van der Waals surface area (Å²) in [6.07, 6.45) is 0.986. The summed E-state index contributed by atoms with van der Waals surface area (Å²) in [5.74, 6) is 0. The van der Waals surface area contributed by atoms with Gasteiger partial charge in [0.15, 0.2) is 0 Å². The van der Waals surface area contributed by atoms with Crippen molar-refractivity contribution in [3.8, 4) is 0 Å². The molecule has 1 aliphatic rings. The molecular weight excluding hydrogens is 210 g/mol. The summed E-state index contributed by atoms with van der Waals surface area (Å²) in [5.41, 5.74) is 2.40. The third-order valence-corrected chi connectivity index (χ3v) is 3.12. The van der Waals surface area contributed by atoms with Crippen molar-refractivity contribution >= 4 is 11.6 Å². The number of hydrogen-bond donors (Lipinski definition) is 1. The van der Waals surface area contributed by atoms with Crippen LogP contribution < -0.4 is 5.32 Å². The SMILES string of the molecule is Cc1ccc(CC2COCCN2)cc1Cl. The van der Waals surface area contributed by atoms with Gasteiger partial charge in [0.05, 0.1) is 13.2 Å². The van der Waals surface area contributed by atoms with Gasteiger partial charge in [-0.25, -0.2) is 0 Å². The molecule has 0 amide bonds. The van der Waals surface area contributed by atoms with Crippen LogP contribution in [0.25, 0.3) is 0 Å². The normalized spacial score (nSPS) is 21.6. The highest BCUT2D eigenvalue weighted by Gasteiger charge is 2.13. The third kappa shape index (κ3) is 2.94. The summed E-state index contributed by atoms with van der Waals surface area (Å²) in [6.45, 7) is 4.59. The molecule has 1 fully saturated rings. The van der Waals surface area contributed by atoms with Gasteiger partial charge in [0.2, 0.25) is 0 Å². The minimum absolute atomic E-state index is 0.428. The van der Waals surface area contributed by atoms with E-state index in [1.165, 1.54) is 5.56 Å². The maximum Gasteiger partial charge on any atom is 0.0623 e. The average Bonchev–Trinajstić information content (AvgIpc) is 2.25. The van der Waals surface area contributed by atoms with Gasteiger partial charge in [0, 0.05) is 17.6 Å². The lowest BCUT2D eigenvalue weighted by atomic mass is 10.0. The van der Waals surface area contributed by atoms with Gasteiger partial charge in [-0.05, 0) is 30.5 Å². The molecule has 1 heterocycles. The second-order valence-electron chi connectivity index (χ2n) is 4.01. The van der Waals surface area contributed by atoms with Gasteiger partial charge in [0.25, 0.3) is 0 Å². The molecule has 1 saturated heterocycles. The van der Waals surface area contributed by atoms with Gasteiger partial charge in [0.1, 0.15) is 0 Å². The molecule has 0 saturated carbocycles. The highest BCUT2D eigenvalue weighted by atomic mass is 35.5. The standard InChI is InChI=1S/C12H16ClNO/c1-9-2-3-10(7-12(9)13)6-11-8-15-5-4-14-11/h2-3,7,11,14H,4-6,8H2,1H3. The fraction of sp³-hybridized carbons (Fsp3) is 0.500. The molecule has 0 bridgehead atoms. The monoisotopic (exact) mass is 225 g/mol. The Hall–Kier alpha value is -0.570. The summed E-state index contributed by atoms with van der Waals surface area (Å²) in [4.78, 5) is 0. The zero-order valence-corrected chi connectivity index (χ0v) is 9.68. The molecule has 0 aliphatic carbocycles. The molecule has 0 spiro atoms. The number of morpholine rings is 1. The van der Waals surface area contributed by atoms with Crippen LogP contribution in [0.1, 0.15) is 11.1 Å². The molecular formula is C12H16ClNO. The van der Waals surface area contributed by atoms with E-state index in [1.54, 1.807) is 0 Å². The van der Waals surface area contributed by atoms with Crippen molar-refractivity contribution in [2.75, 3.05) is 19.8 Å². The van der Waals surface area contributed by atoms with Crippen molar-refractivity contribution in [3.05, 3.63) is 34.3 Å². The molecule has 1 aromatic rings. The van der Waals surface area contributed by atoms with Crippen LogP contribution in [0.3, 0.4) is 0 Å². The van der Waals surface area contributed by atoms with E-state index in [-0.39, 0.29) is 0 Å². The van der Waals surface area contributed by atoms with Crippen LogP contribution in [-0.4, -0.2) is 25.8 Å². The Morgan fingerprint density at radius 2 is 2.40 bits per heavy atom. The van der Waals surface area contributed by atoms with Crippen molar-refractivity contribution in [1.29, 1.82) is 0 Å². The third-order valence-electron chi connectivity index (χ3n) is 2.72. The van der Waals surface area contributed by atoms with Gasteiger partial charge < -0.3 is 10.1 Å². The van der Waals surface area contributed by atoms with E-state index in [4.69, 9.17) is 16.3 Å². The smallest absolute Gasteiger partial charge is 0.0623 e. The first-order valence-corrected chi connectivity index (χ1v) is 5.69. The molecule has 0 aromatic heterocycles. The summed E-state index contributed by atoms with van der Waals surface area (Å²) in [5, 5.41) is 4.28. The molecule has 1 N–H and O–H groups in total. The summed E-state index contributed by atoms with van der Waals surface area (Å²) in [6, 6.07) is 6.68. The van der Waals surface area contributed by atoms with Crippen LogP contribution in [0.2, 0.25) is 5.02 Å². The van der Waals surface area contributed by atoms with Crippen molar-refractivity contribution in [1.82, 2.24) is 5.32 Å². The second kappa shape index (κ2) is 4.97. The fourth-order valence-electron chi connectivity index (χ4n) is 1.80. The summed E-state index contributed by atoms with van der Waals surface area (Å²) in [7, 11) is 0. The van der Waals surface area contributed by atoms with E-state index in [2.05, 4.69) is 17.4 Å². The van der Waals surface area contributed by atoms with Gasteiger partial charge in [-0.2, -0.15) is 0 Å². The first-order valence-electron chi connectivity index (χ1n) is 5.32. The van der Waals surface area contributed by atoms with E-state index in [0.717, 1.165) is 36.8 Å². The molecule has 1 aromatic carbocycles. The predicted octanol–water partition coefficient (Wildman–Crippen LogP) is 2.18. The molecule has 1 aliphatic heterocycles. The van der Waals surface area contributed by atoms with Crippen LogP contribution in [0, 0.1) is 6.92 Å². The highest BCUT2D eigenvalue weighted by molar-refractivity contribution is 6.31. The topological polar surface area (TPSA) is 21.3 Å². The number of benzene rings is 1. The lowest BCUT2D eigenvalue weighted by Gasteiger charge is -2.23. The number of rotatable bonds is 2. The number of ether oxygens (including phenoxy) is 1. The van der Waals surface area contributed by atoms with E-state index in [1.807, 2.05) is 13.0 Å². The lowest BCUT2D eigenvalue weighted by Crippen LogP contribution is -2.42. The number of aryl methyl sites for hydroxylation is 1. The molecule has 0 radical (unpaired) electrons. The summed E-state index contributed by atoms with van der Waals surface area (Å²) >= 11 is 6.08. The van der Waals surface area contributed by atoms with E-state index < -0.39 is 0 Å². The maximum atomic E-state index is 6.08. The predicted molar refractivity (Wildman–Crippen MR) is 62.5 cm³/mol. The van der Waals surface area contributed by atoms with E-state index >= 15 is 0 Å². The van der Waals surface area contributed by atoms with Gasteiger partial charge in [-0.15, -0.1) is 0 Å². The van der Waals surface area contributed by atoms with Crippen molar-refractivity contribution in [3.63, 3.8) is 0 Å². The second-order valence-corrected chi connectivity index (χ2v) is 4.42. The van der Waals surface area contributed by atoms with Crippen LogP contribution >= 0.6 is 11.6 Å². The van der Waals surface area contributed by atoms with Gasteiger partial charge in [-0.1, -0.05) is 23.7 Å². The molecule has 1 unspecified atom stereocenters. The summed E-state index contributed by atoms with van der Waals surface area (Å²) < 4.78 is 5.41. The van der Waals surface area contributed by atoms with Crippen LogP contribution in [-0.2, 0) is 11.2 Å². The minimum Gasteiger partial charge on any atom is -0.379 e. The largest absolute Gasteiger partial charge is 0.379 e. The van der Waals surface area contributed by atoms with Crippen LogP contribution in [0.4, 0.5) is 0 Å². The quantitative estimate of drug-likeness (QED) is 0.833. The highest BCUT2D eigenvalue weighted by Crippen LogP contribution is 2.18. The first kappa shape index (κ1) is 10.9. The Morgan fingerprint density at radius 3 is 3.07 bits per heavy atom. The van der Waals surface area contributed by atoms with E-state index in [0.29, 0.717) is 6.04 Å². The zero-order chi connectivity index (χ0) is 10.7. The molecule has 3 heteroatoms. The molecule has 15 heavy (non-hydrogen) atoms. The van der Waals surface area contributed by atoms with Crippen LogP contribution in [0.15, 0.2) is 18.2 Å². The Balaban J connectivity index is 2.00. The number of nitrogens with one attached hydrogen (secondary N) is 1. The Kier molecular flexibility index (Phi) is 3.62.